The van der Waals surface area contributed by atoms with E-state index >= 15 is 0 Å². The second-order valence-corrected chi connectivity index (χ2v) is 8.58. The van der Waals surface area contributed by atoms with Crippen molar-refractivity contribution in [3.8, 4) is 0 Å². The molecule has 0 bridgehead atoms. The molecular formula is C24H29BrN4O3. The molecule has 0 unspecified atom stereocenters. The van der Waals surface area contributed by atoms with E-state index in [2.05, 4.69) is 37.9 Å². The van der Waals surface area contributed by atoms with Gasteiger partial charge in [0.15, 0.2) is 6.17 Å². The first-order chi connectivity index (χ1) is 15.7. The Balaban J connectivity index is 1.64. The summed E-state index contributed by atoms with van der Waals surface area (Å²) in [5, 5.41) is 6.70. The van der Waals surface area contributed by atoms with Crippen molar-refractivity contribution in [1.82, 2.24) is 9.80 Å². The van der Waals surface area contributed by atoms with Gasteiger partial charge in [0.05, 0.1) is 25.5 Å². The SMILES string of the molecule is CCOC(=O)C1=NN(c2ccccc2Br)[C@@H](c2ccccc2)N1CCCN1CCOCC1. The lowest BCUT2D eigenvalue weighted by Gasteiger charge is -2.33. The number of hydrogen-bond acceptors (Lipinski definition) is 7. The van der Waals surface area contributed by atoms with Crippen LogP contribution in [0.25, 0.3) is 0 Å². The standard InChI is InChI=1S/C24H29BrN4O3/c1-2-32-24(30)22-26-29(21-12-7-6-11-20(21)25)23(19-9-4-3-5-10-19)28(22)14-8-13-27-15-17-31-18-16-27/h3-7,9-12,23H,2,8,13-18H2,1H3/t23-/m0/s1. The molecule has 2 heterocycles. The largest absolute Gasteiger partial charge is 0.460 e. The van der Waals surface area contributed by atoms with Crippen LogP contribution < -0.4 is 5.01 Å². The van der Waals surface area contributed by atoms with E-state index in [1.54, 1.807) is 0 Å². The van der Waals surface area contributed by atoms with E-state index in [1.807, 2.05) is 54.4 Å². The predicted octanol–water partition coefficient (Wildman–Crippen LogP) is 3.87. The third-order valence-corrected chi connectivity index (χ3v) is 6.30. The quantitative estimate of drug-likeness (QED) is 0.512. The Bertz CT molecular complexity index is 934. The first-order valence-corrected chi connectivity index (χ1v) is 11.9. The highest BCUT2D eigenvalue weighted by molar-refractivity contribution is 9.10. The van der Waals surface area contributed by atoms with Crippen LogP contribution in [0.4, 0.5) is 5.69 Å². The van der Waals surface area contributed by atoms with Crippen molar-refractivity contribution >= 4 is 33.4 Å². The number of ether oxygens (including phenoxy) is 2. The van der Waals surface area contributed by atoms with E-state index in [0.29, 0.717) is 19.0 Å². The summed E-state index contributed by atoms with van der Waals surface area (Å²) in [6.07, 6.45) is 0.671. The number of morpholine rings is 1. The minimum absolute atomic E-state index is 0.237. The maximum atomic E-state index is 12.9. The highest BCUT2D eigenvalue weighted by Crippen LogP contribution is 2.39. The fraction of sp³-hybridized carbons (Fsp3) is 0.417. The lowest BCUT2D eigenvalue weighted by atomic mass is 10.1. The van der Waals surface area contributed by atoms with Crippen LogP contribution in [0.15, 0.2) is 64.2 Å². The normalized spacial score (nSPS) is 19.2. The number of amidine groups is 1. The second-order valence-electron chi connectivity index (χ2n) is 7.73. The minimum Gasteiger partial charge on any atom is -0.460 e. The van der Waals surface area contributed by atoms with Gasteiger partial charge in [-0.15, -0.1) is 5.10 Å². The van der Waals surface area contributed by atoms with Crippen LogP contribution in [0.3, 0.4) is 0 Å². The van der Waals surface area contributed by atoms with E-state index in [0.717, 1.165) is 55.0 Å². The van der Waals surface area contributed by atoms with Gasteiger partial charge in [-0.2, -0.15) is 0 Å². The van der Waals surface area contributed by atoms with Crippen LogP contribution in [0.5, 0.6) is 0 Å². The number of anilines is 1. The second kappa shape index (κ2) is 10.9. The number of hydrazone groups is 1. The molecule has 0 aromatic heterocycles. The lowest BCUT2D eigenvalue weighted by molar-refractivity contribution is -0.135. The molecule has 0 amide bonds. The molecule has 2 aliphatic rings. The van der Waals surface area contributed by atoms with Gasteiger partial charge in [0.25, 0.3) is 0 Å². The minimum atomic E-state index is -0.394. The number of nitrogens with zero attached hydrogens (tertiary/aromatic N) is 4. The topological polar surface area (TPSA) is 57.6 Å². The van der Waals surface area contributed by atoms with Crippen LogP contribution in [0, 0.1) is 0 Å². The molecule has 4 rings (SSSR count). The molecule has 0 radical (unpaired) electrons. The first-order valence-electron chi connectivity index (χ1n) is 11.1. The van der Waals surface area contributed by atoms with Gasteiger partial charge in [0.1, 0.15) is 0 Å². The van der Waals surface area contributed by atoms with Crippen LogP contribution in [0.1, 0.15) is 25.1 Å². The van der Waals surface area contributed by atoms with Crippen molar-refractivity contribution in [3.63, 3.8) is 0 Å². The molecule has 2 aliphatic heterocycles. The van der Waals surface area contributed by atoms with E-state index in [1.165, 1.54) is 0 Å². The van der Waals surface area contributed by atoms with Crippen LogP contribution in [0.2, 0.25) is 0 Å². The number of hydrogen-bond donors (Lipinski definition) is 0. The van der Waals surface area contributed by atoms with Gasteiger partial charge >= 0.3 is 5.97 Å². The Kier molecular flexibility index (Phi) is 7.78. The van der Waals surface area contributed by atoms with Gasteiger partial charge in [0, 0.05) is 30.7 Å². The van der Waals surface area contributed by atoms with Gasteiger partial charge in [-0.3, -0.25) is 4.90 Å². The molecule has 2 aromatic rings. The van der Waals surface area contributed by atoms with Crippen molar-refractivity contribution in [1.29, 1.82) is 0 Å². The number of carbonyl (C=O) groups excluding carboxylic acids is 1. The molecule has 0 N–H and O–H groups in total. The van der Waals surface area contributed by atoms with Gasteiger partial charge in [-0.1, -0.05) is 42.5 Å². The molecule has 2 aromatic carbocycles. The molecule has 0 spiro atoms. The fourth-order valence-corrected chi connectivity index (χ4v) is 4.57. The summed E-state index contributed by atoms with van der Waals surface area (Å²) in [6, 6.07) is 18.1. The average molecular weight is 501 g/mol. The predicted molar refractivity (Wildman–Crippen MR) is 128 cm³/mol. The molecular weight excluding hydrogens is 472 g/mol. The molecule has 8 heteroatoms. The number of para-hydroxylation sites is 1. The fourth-order valence-electron chi connectivity index (χ4n) is 4.10. The van der Waals surface area contributed by atoms with Gasteiger partial charge in [-0.05, 0) is 47.0 Å². The Labute approximate surface area is 197 Å². The maximum Gasteiger partial charge on any atom is 0.376 e. The highest BCUT2D eigenvalue weighted by Gasteiger charge is 2.40. The van der Waals surface area contributed by atoms with E-state index < -0.39 is 5.97 Å². The van der Waals surface area contributed by atoms with Gasteiger partial charge < -0.3 is 14.4 Å². The van der Waals surface area contributed by atoms with Crippen LogP contribution >= 0.6 is 15.9 Å². The molecule has 1 atom stereocenters. The Morgan fingerprint density at radius 1 is 1.09 bits per heavy atom. The smallest absolute Gasteiger partial charge is 0.376 e. The summed E-state index contributed by atoms with van der Waals surface area (Å²) in [5.41, 5.74) is 1.97. The number of carbonyl (C=O) groups is 1. The third-order valence-electron chi connectivity index (χ3n) is 5.63. The van der Waals surface area contributed by atoms with E-state index in [9.17, 15) is 4.79 Å². The van der Waals surface area contributed by atoms with Crippen molar-refractivity contribution in [2.75, 3.05) is 51.0 Å². The molecule has 7 nitrogen and oxygen atoms in total. The molecule has 170 valence electrons. The molecule has 1 saturated heterocycles. The van der Waals surface area contributed by atoms with E-state index in [4.69, 9.17) is 14.6 Å². The van der Waals surface area contributed by atoms with Crippen molar-refractivity contribution in [3.05, 3.63) is 64.6 Å². The van der Waals surface area contributed by atoms with Crippen molar-refractivity contribution in [2.24, 2.45) is 5.10 Å². The van der Waals surface area contributed by atoms with Gasteiger partial charge in [-0.25, -0.2) is 9.80 Å². The summed E-state index contributed by atoms with van der Waals surface area (Å²) in [6.45, 7) is 7.22. The maximum absolute atomic E-state index is 12.9. The molecule has 0 saturated carbocycles. The number of halogens is 1. The average Bonchev–Trinajstić information content (AvgIpc) is 3.20. The first kappa shape index (κ1) is 22.8. The summed E-state index contributed by atoms with van der Waals surface area (Å²) in [5.74, 6) is -0.0483. The van der Waals surface area contributed by atoms with E-state index in [-0.39, 0.29) is 6.17 Å². The summed E-state index contributed by atoms with van der Waals surface area (Å²) >= 11 is 3.65. The number of esters is 1. The molecule has 1 fully saturated rings. The van der Waals surface area contributed by atoms with Crippen LogP contribution in [-0.2, 0) is 14.3 Å². The number of rotatable bonds is 8. The third kappa shape index (κ3) is 5.14. The Hall–Kier alpha value is -2.42. The highest BCUT2D eigenvalue weighted by atomic mass is 79.9. The van der Waals surface area contributed by atoms with Crippen molar-refractivity contribution in [2.45, 2.75) is 19.5 Å². The zero-order valence-electron chi connectivity index (χ0n) is 18.3. The zero-order chi connectivity index (χ0) is 22.3. The molecule has 32 heavy (non-hydrogen) atoms. The summed E-state index contributed by atoms with van der Waals surface area (Å²) in [7, 11) is 0. The van der Waals surface area contributed by atoms with Crippen molar-refractivity contribution < 1.29 is 14.3 Å². The van der Waals surface area contributed by atoms with Crippen LogP contribution in [-0.4, -0.2) is 67.6 Å². The summed E-state index contributed by atoms with van der Waals surface area (Å²) in [4.78, 5) is 17.4. The molecule has 0 aliphatic carbocycles. The van der Waals surface area contributed by atoms with Gasteiger partial charge in [0.2, 0.25) is 5.84 Å². The Morgan fingerprint density at radius 2 is 1.81 bits per heavy atom. The Morgan fingerprint density at radius 3 is 2.53 bits per heavy atom. The lowest BCUT2D eigenvalue weighted by Crippen LogP contribution is -2.42. The summed E-state index contributed by atoms with van der Waals surface area (Å²) < 4.78 is 11.8. The monoisotopic (exact) mass is 500 g/mol. The number of benzene rings is 2. The zero-order valence-corrected chi connectivity index (χ0v) is 19.9.